The van der Waals surface area contributed by atoms with E-state index in [-0.39, 0.29) is 22.8 Å². The number of likely N-dealkylation sites (tertiary alicyclic amines) is 1. The van der Waals surface area contributed by atoms with Crippen molar-refractivity contribution in [2.45, 2.75) is 30.6 Å². The molecule has 154 valence electrons. The van der Waals surface area contributed by atoms with Gasteiger partial charge in [-0.15, -0.1) is 0 Å². The van der Waals surface area contributed by atoms with E-state index in [1.807, 2.05) is 0 Å². The number of rotatable bonds is 4. The molecule has 2 heterocycles. The van der Waals surface area contributed by atoms with E-state index in [4.69, 9.17) is 9.47 Å². The van der Waals surface area contributed by atoms with Gasteiger partial charge in [0.15, 0.2) is 0 Å². The first kappa shape index (κ1) is 19.7. The molecule has 8 heteroatoms. The lowest BCUT2D eigenvalue weighted by molar-refractivity contribution is -0.138. The Morgan fingerprint density at radius 3 is 2.64 bits per heavy atom. The molecule has 3 aliphatic rings. The van der Waals surface area contributed by atoms with Crippen molar-refractivity contribution in [1.82, 2.24) is 9.21 Å². The van der Waals surface area contributed by atoms with Gasteiger partial charge in [-0.1, -0.05) is 12.1 Å². The Bertz CT molecular complexity index is 829. The van der Waals surface area contributed by atoms with Crippen LogP contribution in [0.25, 0.3) is 0 Å². The first-order valence-electron chi connectivity index (χ1n) is 9.92. The quantitative estimate of drug-likeness (QED) is 0.759. The van der Waals surface area contributed by atoms with Crippen LogP contribution in [-0.2, 0) is 19.6 Å². The number of methoxy groups -OCH3 is 1. The molecule has 2 aliphatic heterocycles. The SMILES string of the molecule is COCC(=O)N1CCC2(CC1)COc1ccccc1S(=O)(=O)N(CC1CC1)C2. The Kier molecular flexibility index (Phi) is 5.37. The molecule has 1 aromatic rings. The van der Waals surface area contributed by atoms with Gasteiger partial charge in [0, 0.05) is 38.7 Å². The van der Waals surface area contributed by atoms with Crippen LogP contribution < -0.4 is 4.74 Å². The van der Waals surface area contributed by atoms with Crippen LogP contribution in [0, 0.1) is 11.3 Å². The van der Waals surface area contributed by atoms with Crippen LogP contribution in [0.1, 0.15) is 25.7 Å². The highest BCUT2D eigenvalue weighted by Crippen LogP contribution is 2.41. The molecule has 0 radical (unpaired) electrons. The van der Waals surface area contributed by atoms with Crippen molar-refractivity contribution in [2.24, 2.45) is 11.3 Å². The predicted octanol–water partition coefficient (Wildman–Crippen LogP) is 1.73. The maximum absolute atomic E-state index is 13.4. The lowest BCUT2D eigenvalue weighted by atomic mass is 9.78. The van der Waals surface area contributed by atoms with E-state index in [2.05, 4.69) is 0 Å². The van der Waals surface area contributed by atoms with Crippen LogP contribution in [0.3, 0.4) is 0 Å². The number of hydrogen-bond acceptors (Lipinski definition) is 5. The van der Waals surface area contributed by atoms with Gasteiger partial charge in [0.25, 0.3) is 0 Å². The Balaban J connectivity index is 1.60. The molecule has 1 spiro atoms. The van der Waals surface area contributed by atoms with Crippen LogP contribution in [0.2, 0.25) is 0 Å². The maximum Gasteiger partial charge on any atom is 0.248 e. The molecule has 1 saturated heterocycles. The van der Waals surface area contributed by atoms with Gasteiger partial charge >= 0.3 is 0 Å². The average molecular weight is 409 g/mol. The van der Waals surface area contributed by atoms with Crippen molar-refractivity contribution in [3.63, 3.8) is 0 Å². The zero-order valence-corrected chi connectivity index (χ0v) is 17.1. The number of amides is 1. The third-order valence-electron chi connectivity index (χ3n) is 6.12. The minimum atomic E-state index is -3.60. The molecule has 0 aromatic heterocycles. The minimum absolute atomic E-state index is 0.0167. The summed E-state index contributed by atoms with van der Waals surface area (Å²) in [5.41, 5.74) is -0.278. The third kappa shape index (κ3) is 3.90. The molecule has 4 rings (SSSR count). The number of para-hydroxylation sites is 1. The highest BCUT2D eigenvalue weighted by atomic mass is 32.2. The fraction of sp³-hybridized carbons (Fsp3) is 0.650. The van der Waals surface area contributed by atoms with Crippen molar-refractivity contribution in [1.29, 1.82) is 0 Å². The number of sulfonamides is 1. The number of benzene rings is 1. The number of nitrogens with zero attached hydrogens (tertiary/aromatic N) is 2. The van der Waals surface area contributed by atoms with Crippen LogP contribution in [0.15, 0.2) is 29.2 Å². The van der Waals surface area contributed by atoms with Crippen molar-refractivity contribution >= 4 is 15.9 Å². The number of carbonyl (C=O) groups excluding carboxylic acids is 1. The molecule has 1 aromatic carbocycles. The van der Waals surface area contributed by atoms with Crippen LogP contribution in [-0.4, -0.2) is 70.0 Å². The molecule has 0 N–H and O–H groups in total. The zero-order chi connectivity index (χ0) is 19.8. The lowest BCUT2D eigenvalue weighted by Crippen LogP contribution is -2.53. The summed E-state index contributed by atoms with van der Waals surface area (Å²) in [6.07, 6.45) is 3.63. The van der Waals surface area contributed by atoms with E-state index in [0.717, 1.165) is 25.7 Å². The highest BCUT2D eigenvalue weighted by Gasteiger charge is 2.44. The van der Waals surface area contributed by atoms with Gasteiger partial charge in [-0.25, -0.2) is 8.42 Å². The fourth-order valence-electron chi connectivity index (χ4n) is 4.16. The van der Waals surface area contributed by atoms with E-state index in [9.17, 15) is 13.2 Å². The topological polar surface area (TPSA) is 76.1 Å². The number of fused-ring (bicyclic) bond motifs is 1. The monoisotopic (exact) mass is 408 g/mol. The second-order valence-electron chi connectivity index (χ2n) is 8.29. The Morgan fingerprint density at radius 2 is 1.96 bits per heavy atom. The van der Waals surface area contributed by atoms with Gasteiger partial charge in [0.1, 0.15) is 17.3 Å². The minimum Gasteiger partial charge on any atom is -0.492 e. The largest absolute Gasteiger partial charge is 0.492 e. The fourth-order valence-corrected chi connectivity index (χ4v) is 5.92. The molecule has 1 amide bonds. The second kappa shape index (κ2) is 7.65. The third-order valence-corrected chi connectivity index (χ3v) is 7.97. The molecule has 0 bridgehead atoms. The van der Waals surface area contributed by atoms with Crippen molar-refractivity contribution in [2.75, 3.05) is 46.5 Å². The smallest absolute Gasteiger partial charge is 0.248 e. The van der Waals surface area contributed by atoms with Crippen LogP contribution in [0.5, 0.6) is 5.75 Å². The number of hydrogen-bond donors (Lipinski definition) is 0. The molecule has 1 saturated carbocycles. The van der Waals surface area contributed by atoms with Crippen LogP contribution in [0.4, 0.5) is 0 Å². The summed E-state index contributed by atoms with van der Waals surface area (Å²) in [4.78, 5) is 14.2. The standard InChI is InChI=1S/C20H28N2O5S/c1-26-13-19(23)21-10-8-20(9-11-21)14-22(12-16-6-7-16)28(24,25)18-5-3-2-4-17(18)27-15-20/h2-5,16H,6-15H2,1H3. The molecule has 28 heavy (non-hydrogen) atoms. The molecular formula is C20H28N2O5S. The van der Waals surface area contributed by atoms with Crippen LogP contribution >= 0.6 is 0 Å². The van der Waals surface area contributed by atoms with Crippen molar-refractivity contribution in [3.05, 3.63) is 24.3 Å². The molecule has 0 unspecified atom stereocenters. The first-order valence-corrected chi connectivity index (χ1v) is 11.4. The summed E-state index contributed by atoms with van der Waals surface area (Å²) < 4.78 is 39.5. The summed E-state index contributed by atoms with van der Waals surface area (Å²) in [5, 5.41) is 0. The second-order valence-corrected chi connectivity index (χ2v) is 10.2. The predicted molar refractivity (Wildman–Crippen MR) is 104 cm³/mol. The normalized spacial score (nSPS) is 24.1. The average Bonchev–Trinajstić information content (AvgIpc) is 3.50. The maximum atomic E-state index is 13.4. The Morgan fingerprint density at radius 1 is 1.25 bits per heavy atom. The number of piperidine rings is 1. The van der Waals surface area contributed by atoms with E-state index in [1.54, 1.807) is 33.5 Å². The Hall–Kier alpha value is -1.64. The molecule has 2 fully saturated rings. The lowest BCUT2D eigenvalue weighted by Gasteiger charge is -2.45. The van der Waals surface area contributed by atoms with E-state index in [0.29, 0.717) is 44.5 Å². The van der Waals surface area contributed by atoms with E-state index in [1.165, 1.54) is 7.11 Å². The van der Waals surface area contributed by atoms with Gasteiger partial charge < -0.3 is 14.4 Å². The number of ether oxygens (including phenoxy) is 2. The summed E-state index contributed by atoms with van der Waals surface area (Å²) in [7, 11) is -2.09. The molecule has 1 aliphatic carbocycles. The van der Waals surface area contributed by atoms with Crippen molar-refractivity contribution in [3.8, 4) is 5.75 Å². The first-order chi connectivity index (χ1) is 13.4. The van der Waals surface area contributed by atoms with E-state index >= 15 is 0 Å². The molecular weight excluding hydrogens is 380 g/mol. The van der Waals surface area contributed by atoms with Crippen molar-refractivity contribution < 1.29 is 22.7 Å². The summed E-state index contributed by atoms with van der Waals surface area (Å²) >= 11 is 0. The zero-order valence-electron chi connectivity index (χ0n) is 16.3. The highest BCUT2D eigenvalue weighted by molar-refractivity contribution is 7.89. The summed E-state index contributed by atoms with van der Waals surface area (Å²) in [6, 6.07) is 6.92. The van der Waals surface area contributed by atoms with Gasteiger partial charge in [0.2, 0.25) is 15.9 Å². The summed E-state index contributed by atoms with van der Waals surface area (Å²) in [5.74, 6) is 0.875. The Labute approximate surface area is 166 Å². The van der Waals surface area contributed by atoms with Gasteiger partial charge in [-0.2, -0.15) is 4.31 Å². The van der Waals surface area contributed by atoms with Gasteiger partial charge in [-0.3, -0.25) is 4.79 Å². The van der Waals surface area contributed by atoms with Gasteiger partial charge in [0.05, 0.1) is 6.61 Å². The van der Waals surface area contributed by atoms with E-state index < -0.39 is 10.0 Å². The molecule has 7 nitrogen and oxygen atoms in total. The van der Waals surface area contributed by atoms with Gasteiger partial charge in [-0.05, 0) is 43.7 Å². The molecule has 0 atom stereocenters. The number of carbonyl (C=O) groups is 1. The summed E-state index contributed by atoms with van der Waals surface area (Å²) in [6.45, 7) is 2.78.